The van der Waals surface area contributed by atoms with Gasteiger partial charge in [-0.25, -0.2) is 9.07 Å². The Labute approximate surface area is 174 Å². The van der Waals surface area contributed by atoms with E-state index in [4.69, 9.17) is 11.0 Å². The Morgan fingerprint density at radius 3 is 2.50 bits per heavy atom. The molecule has 4 rings (SSSR count). The van der Waals surface area contributed by atoms with Crippen molar-refractivity contribution in [2.24, 2.45) is 5.73 Å². The first-order chi connectivity index (χ1) is 14.5. The molecule has 1 aromatic heterocycles. The highest BCUT2D eigenvalue weighted by Crippen LogP contribution is 2.25. The molecule has 1 aliphatic rings. The third-order valence-electron chi connectivity index (χ3n) is 5.42. The van der Waals surface area contributed by atoms with E-state index >= 15 is 0 Å². The Morgan fingerprint density at radius 2 is 1.87 bits per heavy atom. The Hall–Kier alpha value is -3.50. The average molecular weight is 403 g/mol. The molecular formula is C23H22FN5O. The van der Waals surface area contributed by atoms with Gasteiger partial charge in [0.15, 0.2) is 0 Å². The van der Waals surface area contributed by atoms with E-state index in [1.807, 2.05) is 37.3 Å². The van der Waals surface area contributed by atoms with Crippen molar-refractivity contribution < 1.29 is 9.18 Å². The minimum atomic E-state index is -0.613. The van der Waals surface area contributed by atoms with Crippen LogP contribution in [-0.2, 0) is 0 Å². The number of benzene rings is 2. The zero-order chi connectivity index (χ0) is 21.3. The summed E-state index contributed by atoms with van der Waals surface area (Å²) >= 11 is 0. The molecule has 6 nitrogen and oxygen atoms in total. The summed E-state index contributed by atoms with van der Waals surface area (Å²) in [6.07, 6.45) is 1.52. The summed E-state index contributed by atoms with van der Waals surface area (Å²) in [6.45, 7) is 3.18. The molecular weight excluding hydrogens is 381 g/mol. The second kappa shape index (κ2) is 8.09. The van der Waals surface area contributed by atoms with E-state index in [2.05, 4.69) is 5.10 Å². The molecule has 0 spiro atoms. The minimum Gasteiger partial charge on any atom is -0.337 e. The van der Waals surface area contributed by atoms with E-state index in [9.17, 15) is 9.18 Å². The molecule has 3 aromatic rings. The molecule has 2 N–H and O–H groups in total. The average Bonchev–Trinajstić information content (AvgIpc) is 3.19. The number of carbonyl (C=O) groups is 1. The van der Waals surface area contributed by atoms with E-state index in [1.165, 1.54) is 12.1 Å². The number of piperidine rings is 1. The van der Waals surface area contributed by atoms with Crippen LogP contribution in [0.25, 0.3) is 16.9 Å². The highest BCUT2D eigenvalue weighted by atomic mass is 19.1. The van der Waals surface area contributed by atoms with Crippen molar-refractivity contribution in [3.63, 3.8) is 0 Å². The van der Waals surface area contributed by atoms with Gasteiger partial charge in [0.05, 0.1) is 16.9 Å². The van der Waals surface area contributed by atoms with Crippen LogP contribution in [0.3, 0.4) is 0 Å². The first-order valence-corrected chi connectivity index (χ1v) is 9.88. The van der Waals surface area contributed by atoms with Crippen molar-refractivity contribution >= 4 is 5.91 Å². The van der Waals surface area contributed by atoms with Gasteiger partial charge in [-0.05, 0) is 50.1 Å². The number of aryl methyl sites for hydroxylation is 1. The van der Waals surface area contributed by atoms with E-state index in [1.54, 1.807) is 21.7 Å². The molecule has 0 aliphatic carbocycles. The quantitative estimate of drug-likeness (QED) is 0.726. The predicted octanol–water partition coefficient (Wildman–Crippen LogP) is 3.42. The molecule has 0 radical (unpaired) electrons. The number of nitrogens with two attached hydrogens (primary N) is 1. The number of carbonyl (C=O) groups excluding carboxylic acids is 1. The highest BCUT2D eigenvalue weighted by Gasteiger charge is 2.26. The van der Waals surface area contributed by atoms with Gasteiger partial charge in [-0.3, -0.25) is 4.79 Å². The summed E-state index contributed by atoms with van der Waals surface area (Å²) in [5, 5.41) is 13.6. The lowest BCUT2D eigenvalue weighted by atomic mass is 10.1. The fraction of sp³-hybridized carbons (Fsp3) is 0.261. The maximum atomic E-state index is 14.2. The molecule has 152 valence electrons. The second-order valence-corrected chi connectivity index (χ2v) is 7.60. The first-order valence-electron chi connectivity index (χ1n) is 9.88. The summed E-state index contributed by atoms with van der Waals surface area (Å²) in [5.41, 5.74) is 9.17. The summed E-state index contributed by atoms with van der Waals surface area (Å²) in [7, 11) is 0. The molecule has 1 saturated heterocycles. The summed E-state index contributed by atoms with van der Waals surface area (Å²) in [4.78, 5) is 15.1. The maximum Gasteiger partial charge on any atom is 0.272 e. The SMILES string of the molecule is Cc1ccc(-n2nc(-c3ccc(C#N)c(F)c3)cc2C(=O)N2CCC(N)CC2)cc1. The highest BCUT2D eigenvalue weighted by molar-refractivity contribution is 5.94. The standard InChI is InChI=1S/C23H22FN5O/c1-15-2-6-19(7-3-15)29-22(23(30)28-10-8-18(26)9-11-28)13-21(27-29)16-4-5-17(14-25)20(24)12-16/h2-7,12-13,18H,8-11,26H2,1H3. The molecule has 7 heteroatoms. The number of hydrogen-bond acceptors (Lipinski definition) is 4. The van der Waals surface area contributed by atoms with Crippen molar-refractivity contribution in [1.82, 2.24) is 14.7 Å². The number of likely N-dealkylation sites (tertiary alicyclic amines) is 1. The van der Waals surface area contributed by atoms with Crippen molar-refractivity contribution in [1.29, 1.82) is 5.26 Å². The zero-order valence-electron chi connectivity index (χ0n) is 16.7. The van der Waals surface area contributed by atoms with E-state index < -0.39 is 5.82 Å². The smallest absolute Gasteiger partial charge is 0.272 e. The molecule has 1 fully saturated rings. The number of hydrogen-bond donors (Lipinski definition) is 1. The number of halogens is 1. The molecule has 1 aliphatic heterocycles. The van der Waals surface area contributed by atoms with Gasteiger partial charge in [0.2, 0.25) is 0 Å². The van der Waals surface area contributed by atoms with Crippen LogP contribution in [0.4, 0.5) is 4.39 Å². The topological polar surface area (TPSA) is 87.9 Å². The summed E-state index contributed by atoms with van der Waals surface area (Å²) in [5.74, 6) is -0.742. The van der Waals surface area contributed by atoms with Gasteiger partial charge >= 0.3 is 0 Å². The van der Waals surface area contributed by atoms with Gasteiger partial charge in [0.25, 0.3) is 5.91 Å². The Morgan fingerprint density at radius 1 is 1.17 bits per heavy atom. The van der Waals surface area contributed by atoms with Crippen LogP contribution < -0.4 is 5.73 Å². The molecule has 0 unspecified atom stereocenters. The molecule has 0 atom stereocenters. The van der Waals surface area contributed by atoms with E-state index in [0.717, 1.165) is 24.1 Å². The van der Waals surface area contributed by atoms with Gasteiger partial charge in [0.1, 0.15) is 17.6 Å². The number of nitriles is 1. The van der Waals surface area contributed by atoms with Gasteiger partial charge < -0.3 is 10.6 Å². The largest absolute Gasteiger partial charge is 0.337 e. The van der Waals surface area contributed by atoms with Gasteiger partial charge in [-0.2, -0.15) is 10.4 Å². The maximum absolute atomic E-state index is 14.2. The van der Waals surface area contributed by atoms with Crippen molar-refractivity contribution in [2.75, 3.05) is 13.1 Å². The molecule has 0 saturated carbocycles. The van der Waals surface area contributed by atoms with Crippen LogP contribution >= 0.6 is 0 Å². The Kier molecular flexibility index (Phi) is 5.34. The molecule has 30 heavy (non-hydrogen) atoms. The van der Waals surface area contributed by atoms with E-state index in [0.29, 0.717) is 30.0 Å². The number of nitrogens with zero attached hydrogens (tertiary/aromatic N) is 4. The second-order valence-electron chi connectivity index (χ2n) is 7.60. The predicted molar refractivity (Wildman–Crippen MR) is 112 cm³/mol. The minimum absolute atomic E-state index is 0.0299. The zero-order valence-corrected chi connectivity index (χ0v) is 16.7. The number of aromatic nitrogens is 2. The number of amides is 1. The molecule has 1 amide bonds. The lowest BCUT2D eigenvalue weighted by Crippen LogP contribution is -2.43. The molecule has 2 heterocycles. The fourth-order valence-electron chi connectivity index (χ4n) is 3.59. The van der Waals surface area contributed by atoms with Crippen LogP contribution in [-0.4, -0.2) is 39.7 Å². The van der Waals surface area contributed by atoms with Gasteiger partial charge in [0, 0.05) is 24.7 Å². The van der Waals surface area contributed by atoms with Crippen molar-refractivity contribution in [3.05, 3.63) is 71.2 Å². The van der Waals surface area contributed by atoms with Crippen LogP contribution in [0.15, 0.2) is 48.5 Å². The lowest BCUT2D eigenvalue weighted by molar-refractivity contribution is 0.0705. The van der Waals surface area contributed by atoms with Crippen LogP contribution in [0.1, 0.15) is 34.5 Å². The summed E-state index contributed by atoms with van der Waals surface area (Å²) in [6, 6.07) is 15.6. The van der Waals surface area contributed by atoms with Crippen molar-refractivity contribution in [2.45, 2.75) is 25.8 Å². The Balaban J connectivity index is 1.77. The normalized spacial score (nSPS) is 14.5. The summed E-state index contributed by atoms with van der Waals surface area (Å²) < 4.78 is 15.8. The molecule has 2 aromatic carbocycles. The third-order valence-corrected chi connectivity index (χ3v) is 5.42. The van der Waals surface area contributed by atoms with Crippen molar-refractivity contribution in [3.8, 4) is 23.0 Å². The van der Waals surface area contributed by atoms with Gasteiger partial charge in [-0.15, -0.1) is 0 Å². The number of rotatable bonds is 3. The van der Waals surface area contributed by atoms with Crippen LogP contribution in [0.2, 0.25) is 0 Å². The van der Waals surface area contributed by atoms with Crippen LogP contribution in [0, 0.1) is 24.1 Å². The van der Waals surface area contributed by atoms with E-state index in [-0.39, 0.29) is 17.5 Å². The third kappa shape index (κ3) is 3.82. The Bertz CT molecular complexity index is 1120. The van der Waals surface area contributed by atoms with Gasteiger partial charge in [-0.1, -0.05) is 23.8 Å². The molecule has 0 bridgehead atoms. The lowest BCUT2D eigenvalue weighted by Gasteiger charge is -2.30. The monoisotopic (exact) mass is 403 g/mol. The fourth-order valence-corrected chi connectivity index (χ4v) is 3.59. The van der Waals surface area contributed by atoms with Crippen LogP contribution in [0.5, 0.6) is 0 Å². The first kappa shape index (κ1) is 19.8.